The van der Waals surface area contributed by atoms with E-state index < -0.39 is 5.91 Å². The predicted molar refractivity (Wildman–Crippen MR) is 213 cm³/mol. The molecule has 51 heavy (non-hydrogen) atoms. The molecule has 3 fully saturated rings. The van der Waals surface area contributed by atoms with Crippen LogP contribution in [0.15, 0.2) is 46.4 Å². The van der Waals surface area contributed by atoms with Gasteiger partial charge in [-0.1, -0.05) is 66.0 Å². The van der Waals surface area contributed by atoms with Crippen LogP contribution in [0.1, 0.15) is 131 Å². The molecule has 1 aromatic carbocycles. The van der Waals surface area contributed by atoms with Gasteiger partial charge in [-0.2, -0.15) is 5.26 Å². The van der Waals surface area contributed by atoms with Gasteiger partial charge in [-0.15, -0.1) is 0 Å². The molecule has 1 saturated heterocycles. The van der Waals surface area contributed by atoms with Crippen LogP contribution in [0.25, 0.3) is 0 Å². The molecule has 0 unspecified atom stereocenters. The molecule has 1 heterocycles. The number of nitrogens with zero attached hydrogens (tertiary/aromatic N) is 4. The molecule has 1 aromatic rings. The molecule has 10 heteroatoms. The van der Waals surface area contributed by atoms with Gasteiger partial charge in [0.1, 0.15) is 11.4 Å². The number of ether oxygens (including phenoxy) is 1. The predicted octanol–water partition coefficient (Wildman–Crippen LogP) is 7.47. The van der Waals surface area contributed by atoms with Crippen molar-refractivity contribution in [2.24, 2.45) is 22.4 Å². The number of hydrogen-bond acceptors (Lipinski definition) is 9. The summed E-state index contributed by atoms with van der Waals surface area (Å²) < 4.78 is 5.45. The van der Waals surface area contributed by atoms with Gasteiger partial charge in [0.25, 0.3) is 5.91 Å². The second-order valence-corrected chi connectivity index (χ2v) is 13.2. The Morgan fingerprint density at radius 2 is 1.61 bits per heavy atom. The van der Waals surface area contributed by atoms with Crippen LogP contribution >= 0.6 is 0 Å². The van der Waals surface area contributed by atoms with Crippen LogP contribution in [0.4, 0.5) is 0 Å². The second-order valence-electron chi connectivity index (χ2n) is 13.2. The van der Waals surface area contributed by atoms with E-state index in [0.717, 1.165) is 74.5 Å². The summed E-state index contributed by atoms with van der Waals surface area (Å²) in [7, 11) is 2.01. The minimum absolute atomic E-state index is 0.0997. The number of carbonyl (C=O) groups is 2. The Bertz CT molecular complexity index is 1270. The summed E-state index contributed by atoms with van der Waals surface area (Å²) in [6.07, 6.45) is 13.9. The number of allylic oxidation sites excluding steroid dienone is 4. The van der Waals surface area contributed by atoms with E-state index >= 15 is 0 Å². The smallest absolute Gasteiger partial charge is 0.255 e. The maximum Gasteiger partial charge on any atom is 0.255 e. The average molecular weight is 710 g/mol. The number of benzene rings is 1. The number of Topliss-reactive ketones (excluding diaryl/α,β-unsaturated/α-hetero) is 1. The summed E-state index contributed by atoms with van der Waals surface area (Å²) in [5, 5.41) is 12.1. The fourth-order valence-corrected chi connectivity index (χ4v) is 5.05. The number of rotatable bonds is 14. The number of nitrogens with two attached hydrogens (primary N) is 2. The maximum absolute atomic E-state index is 11.6. The van der Waals surface area contributed by atoms with Crippen molar-refractivity contribution in [1.82, 2.24) is 15.1 Å². The normalized spacial score (nSPS) is 16.1. The lowest BCUT2D eigenvalue weighted by molar-refractivity contribution is -0.120. The highest BCUT2D eigenvalue weighted by atomic mass is 16.5. The van der Waals surface area contributed by atoms with Gasteiger partial charge in [-0.05, 0) is 97.5 Å². The molecule has 1 amide bonds. The highest BCUT2D eigenvalue weighted by molar-refractivity contribution is 6.03. The largest absolute Gasteiger partial charge is 0.483 e. The summed E-state index contributed by atoms with van der Waals surface area (Å²) >= 11 is 0. The van der Waals surface area contributed by atoms with Crippen LogP contribution in [0, 0.1) is 17.2 Å². The van der Waals surface area contributed by atoms with Crippen molar-refractivity contribution >= 4 is 17.4 Å². The van der Waals surface area contributed by atoms with Crippen molar-refractivity contribution in [2.45, 2.75) is 133 Å². The third-order valence-corrected chi connectivity index (χ3v) is 8.13. The molecule has 288 valence electrons. The van der Waals surface area contributed by atoms with Crippen molar-refractivity contribution in [3.05, 3.63) is 52.5 Å². The fourth-order valence-electron chi connectivity index (χ4n) is 5.05. The summed E-state index contributed by atoms with van der Waals surface area (Å²) in [5.74, 6) is 0.742. The standard InChI is InChI=1S/C16H21N3O2.C16H29N3O.C4H9N.C3H6.C2H6/c1-12-4-6-19(7-5-12)10-14-3-2-13(9-17)8-15(14)21-11-16(18)20;1-7-10-19(11-8-2)15(9-3)13(5)18-16(12(4)17)14(6)20;1-5-4-2-3-4;1-2-3-1;1-2/h2-3,8,12H,4-7,10-11H2,1H3,(H2,18,20);9H,7-8,10-11,17H2,1-6H3;4-5H,2-3H2,1H3;1-3H2;1-2H3/b;15-9-,16-12+,18-13+;;;. The van der Waals surface area contributed by atoms with Crippen LogP contribution in [-0.2, 0) is 16.1 Å². The van der Waals surface area contributed by atoms with Crippen molar-refractivity contribution in [2.75, 3.05) is 39.8 Å². The first-order valence-electron chi connectivity index (χ1n) is 19.2. The monoisotopic (exact) mass is 710 g/mol. The van der Waals surface area contributed by atoms with Crippen molar-refractivity contribution in [1.29, 1.82) is 5.26 Å². The van der Waals surface area contributed by atoms with Crippen LogP contribution < -0.4 is 21.5 Å². The van der Waals surface area contributed by atoms with Crippen LogP contribution in [-0.4, -0.2) is 73.1 Å². The van der Waals surface area contributed by atoms with E-state index in [1.807, 2.05) is 46.9 Å². The van der Waals surface area contributed by atoms with Crippen LogP contribution in [0.2, 0.25) is 0 Å². The van der Waals surface area contributed by atoms with Gasteiger partial charge >= 0.3 is 0 Å². The Hall–Kier alpha value is -3.68. The SMILES string of the molecule is C/C=C(/C(C)=N/C(C(C)=O)=C(\C)N)N(CCC)CCC.C1CC1.CC.CC1CCN(Cc2ccc(C#N)cc2OCC(N)=O)CC1.CNC1CC1. The molecule has 1 aliphatic heterocycles. The molecule has 2 aliphatic carbocycles. The van der Waals surface area contributed by atoms with E-state index in [1.54, 1.807) is 19.1 Å². The first kappa shape index (κ1) is 47.3. The number of nitrogens with one attached hydrogen (secondary N) is 1. The molecule has 4 rings (SSSR count). The molecular weight excluding hydrogens is 638 g/mol. The first-order valence-corrected chi connectivity index (χ1v) is 19.2. The summed E-state index contributed by atoms with van der Waals surface area (Å²) in [5.41, 5.74) is 15.1. The van der Waals surface area contributed by atoms with Crippen LogP contribution in [0.3, 0.4) is 0 Å². The van der Waals surface area contributed by atoms with Crippen molar-refractivity contribution < 1.29 is 14.3 Å². The second kappa shape index (κ2) is 28.0. The number of aliphatic imine (C=N–C) groups is 1. The van der Waals surface area contributed by atoms with E-state index in [0.29, 0.717) is 22.7 Å². The Kier molecular flexibility index (Phi) is 26.0. The van der Waals surface area contributed by atoms with Gasteiger partial charge in [0.15, 0.2) is 12.4 Å². The van der Waals surface area contributed by atoms with Crippen LogP contribution in [0.5, 0.6) is 5.75 Å². The fraction of sp³-hybridized carbons (Fsp3) is 0.659. The zero-order valence-electron chi connectivity index (χ0n) is 33.7. The summed E-state index contributed by atoms with van der Waals surface area (Å²) in [6.45, 7) is 22.4. The molecule has 5 N–H and O–H groups in total. The van der Waals surface area contributed by atoms with E-state index in [9.17, 15) is 9.59 Å². The van der Waals surface area contributed by atoms with E-state index in [2.05, 4.69) is 46.9 Å². The minimum atomic E-state index is -0.518. The number of ketones is 1. The Balaban J connectivity index is 0.000000769. The van der Waals surface area contributed by atoms with Crippen molar-refractivity contribution in [3.63, 3.8) is 0 Å². The van der Waals surface area contributed by atoms with Gasteiger partial charge in [-0.3, -0.25) is 14.5 Å². The molecule has 0 bridgehead atoms. The Morgan fingerprint density at radius 3 is 1.98 bits per heavy atom. The number of primary amides is 1. The Morgan fingerprint density at radius 1 is 1.04 bits per heavy atom. The maximum atomic E-state index is 11.6. The van der Waals surface area contributed by atoms with Gasteiger partial charge in [0.05, 0.1) is 23.0 Å². The number of hydrogen-bond donors (Lipinski definition) is 3. The molecule has 0 atom stereocenters. The zero-order chi connectivity index (χ0) is 38.8. The minimum Gasteiger partial charge on any atom is -0.483 e. The van der Waals surface area contributed by atoms with Gasteiger partial charge in [0, 0.05) is 43.9 Å². The number of likely N-dealkylation sites (tertiary alicyclic amines) is 1. The van der Waals surface area contributed by atoms with Crippen molar-refractivity contribution in [3.8, 4) is 11.8 Å². The lowest BCUT2D eigenvalue weighted by Crippen LogP contribution is -2.32. The topological polar surface area (TPSA) is 150 Å². The average Bonchev–Trinajstić information content (AvgIpc) is 4.03. The molecule has 0 spiro atoms. The molecule has 0 aromatic heterocycles. The zero-order valence-corrected chi connectivity index (χ0v) is 33.7. The number of carbonyl (C=O) groups excluding carboxylic acids is 2. The lowest BCUT2D eigenvalue weighted by Gasteiger charge is -2.30. The molecule has 10 nitrogen and oxygen atoms in total. The van der Waals surface area contributed by atoms with E-state index in [1.165, 1.54) is 51.9 Å². The molecular formula is C41H71N7O3. The quantitative estimate of drug-likeness (QED) is 0.133. The highest BCUT2D eigenvalue weighted by Crippen LogP contribution is 2.25. The molecule has 2 saturated carbocycles. The number of nitriles is 1. The third-order valence-electron chi connectivity index (χ3n) is 8.13. The summed E-state index contributed by atoms with van der Waals surface area (Å²) in [4.78, 5) is 31.6. The van der Waals surface area contributed by atoms with Gasteiger partial charge in [-0.25, -0.2) is 4.99 Å². The Labute approximate surface area is 310 Å². The van der Waals surface area contributed by atoms with Gasteiger partial charge in [0.2, 0.25) is 0 Å². The van der Waals surface area contributed by atoms with Gasteiger partial charge < -0.3 is 26.4 Å². The third kappa shape index (κ3) is 22.0. The summed E-state index contributed by atoms with van der Waals surface area (Å²) in [6, 6.07) is 8.31. The van der Waals surface area contributed by atoms with E-state index in [4.69, 9.17) is 21.5 Å². The molecule has 0 radical (unpaired) electrons. The number of piperidine rings is 1. The molecule has 3 aliphatic rings. The lowest BCUT2D eigenvalue weighted by atomic mass is 9.98. The first-order chi connectivity index (χ1) is 24.4. The number of amides is 1. The highest BCUT2D eigenvalue weighted by Gasteiger charge is 2.18. The van der Waals surface area contributed by atoms with E-state index in [-0.39, 0.29) is 12.4 Å².